The molecule has 0 saturated heterocycles. The molecule has 0 aliphatic carbocycles. The molecule has 2 heterocycles. The Balaban J connectivity index is 2.42. The van der Waals surface area contributed by atoms with E-state index in [0.29, 0.717) is 11.5 Å². The Kier molecular flexibility index (Phi) is 2.52. The lowest BCUT2D eigenvalue weighted by Gasteiger charge is -2.03. The van der Waals surface area contributed by atoms with Gasteiger partial charge in [0.25, 0.3) is 0 Å². The van der Waals surface area contributed by atoms with Gasteiger partial charge in [0.2, 0.25) is 5.88 Å². The van der Waals surface area contributed by atoms with E-state index < -0.39 is 5.97 Å². The van der Waals surface area contributed by atoms with Gasteiger partial charge in [0, 0.05) is 6.20 Å². The second-order valence-corrected chi connectivity index (χ2v) is 3.73. The summed E-state index contributed by atoms with van der Waals surface area (Å²) in [5, 5.41) is 8.83. The van der Waals surface area contributed by atoms with Gasteiger partial charge in [-0.3, -0.25) is 0 Å². The molecule has 5 heteroatoms. The predicted octanol–water partition coefficient (Wildman–Crippen LogP) is 1.82. The zero-order chi connectivity index (χ0) is 11.7. The first kappa shape index (κ1) is 10.5. The van der Waals surface area contributed by atoms with Crippen molar-refractivity contribution < 1.29 is 14.6 Å². The fourth-order valence-electron chi connectivity index (χ4n) is 1.39. The molecule has 0 bridgehead atoms. The van der Waals surface area contributed by atoms with E-state index in [9.17, 15) is 4.79 Å². The van der Waals surface area contributed by atoms with Gasteiger partial charge in [0.15, 0.2) is 0 Å². The first-order valence-electron chi connectivity index (χ1n) is 4.95. The maximum Gasteiger partial charge on any atom is 0.337 e. The minimum atomic E-state index is -0.957. The number of nitrogens with zero attached hydrogens (tertiary/aromatic N) is 2. The number of ether oxygens (including phenoxy) is 1. The first-order chi connectivity index (χ1) is 7.56. The number of pyridine rings is 1. The molecule has 2 aromatic rings. The van der Waals surface area contributed by atoms with Crippen molar-refractivity contribution in [1.29, 1.82) is 0 Å². The third kappa shape index (κ3) is 1.98. The summed E-state index contributed by atoms with van der Waals surface area (Å²) in [6.07, 6.45) is 3.23. The van der Waals surface area contributed by atoms with Crippen molar-refractivity contribution >= 4 is 11.6 Å². The Labute approximate surface area is 92.3 Å². The van der Waals surface area contributed by atoms with Crippen LogP contribution in [0.2, 0.25) is 0 Å². The summed E-state index contributed by atoms with van der Waals surface area (Å²) < 4.78 is 7.06. The minimum absolute atomic E-state index is 0.0452. The van der Waals surface area contributed by atoms with Crippen LogP contribution in [0.1, 0.15) is 24.2 Å². The van der Waals surface area contributed by atoms with Gasteiger partial charge in [-0.1, -0.05) is 0 Å². The second kappa shape index (κ2) is 3.84. The smallest absolute Gasteiger partial charge is 0.337 e. The van der Waals surface area contributed by atoms with Crippen LogP contribution < -0.4 is 4.74 Å². The summed E-state index contributed by atoms with van der Waals surface area (Å²) >= 11 is 0. The molecule has 84 valence electrons. The van der Waals surface area contributed by atoms with Crippen LogP contribution in [0.15, 0.2) is 24.5 Å². The summed E-state index contributed by atoms with van der Waals surface area (Å²) in [5.41, 5.74) is 0.890. The highest BCUT2D eigenvalue weighted by Crippen LogP contribution is 2.14. The Morgan fingerprint density at radius 2 is 2.19 bits per heavy atom. The molecular formula is C11H12N2O3. The lowest BCUT2D eigenvalue weighted by molar-refractivity contribution is 0.0696. The number of imidazole rings is 1. The summed E-state index contributed by atoms with van der Waals surface area (Å²) in [6, 6.07) is 3.17. The second-order valence-electron chi connectivity index (χ2n) is 3.73. The summed E-state index contributed by atoms with van der Waals surface area (Å²) in [7, 11) is 0. The number of aromatic carboxylic acids is 1. The zero-order valence-electron chi connectivity index (χ0n) is 9.04. The van der Waals surface area contributed by atoms with Gasteiger partial charge in [-0.2, -0.15) is 4.98 Å². The predicted molar refractivity (Wildman–Crippen MR) is 57.9 cm³/mol. The maximum atomic E-state index is 10.8. The Morgan fingerprint density at radius 3 is 2.81 bits per heavy atom. The molecule has 2 aromatic heterocycles. The van der Waals surface area contributed by atoms with E-state index >= 15 is 0 Å². The van der Waals surface area contributed by atoms with Crippen LogP contribution >= 0.6 is 0 Å². The van der Waals surface area contributed by atoms with Crippen molar-refractivity contribution in [3.8, 4) is 5.88 Å². The van der Waals surface area contributed by atoms with Gasteiger partial charge in [0.1, 0.15) is 5.65 Å². The van der Waals surface area contributed by atoms with Crippen molar-refractivity contribution in [3.05, 3.63) is 30.1 Å². The Hall–Kier alpha value is -2.04. The van der Waals surface area contributed by atoms with E-state index in [4.69, 9.17) is 9.84 Å². The molecule has 16 heavy (non-hydrogen) atoms. The molecule has 0 radical (unpaired) electrons. The lowest BCUT2D eigenvalue weighted by atomic mass is 10.3. The molecule has 1 N–H and O–H groups in total. The Bertz CT molecular complexity index is 531. The summed E-state index contributed by atoms with van der Waals surface area (Å²) in [6.45, 7) is 3.82. The van der Waals surface area contributed by atoms with Crippen LogP contribution in [0.5, 0.6) is 5.88 Å². The van der Waals surface area contributed by atoms with E-state index in [1.54, 1.807) is 16.7 Å². The van der Waals surface area contributed by atoms with Crippen LogP contribution in [-0.4, -0.2) is 26.6 Å². The van der Waals surface area contributed by atoms with E-state index in [0.717, 1.165) is 0 Å². The molecule has 0 saturated carbocycles. The van der Waals surface area contributed by atoms with Crippen LogP contribution in [-0.2, 0) is 0 Å². The monoisotopic (exact) mass is 220 g/mol. The molecule has 0 aliphatic heterocycles. The Morgan fingerprint density at radius 1 is 1.44 bits per heavy atom. The number of rotatable bonds is 3. The van der Waals surface area contributed by atoms with Crippen LogP contribution in [0.3, 0.4) is 0 Å². The van der Waals surface area contributed by atoms with Gasteiger partial charge in [0.05, 0.1) is 17.9 Å². The SMILES string of the molecule is CC(C)Oc1cn2cc(C(=O)O)ccc2n1. The van der Waals surface area contributed by atoms with E-state index in [1.165, 1.54) is 12.3 Å². The molecule has 0 amide bonds. The lowest BCUT2D eigenvalue weighted by Crippen LogP contribution is -2.05. The largest absolute Gasteiger partial charge is 0.478 e. The number of hydrogen-bond acceptors (Lipinski definition) is 3. The maximum absolute atomic E-state index is 10.8. The highest BCUT2D eigenvalue weighted by atomic mass is 16.5. The molecule has 2 rings (SSSR count). The standard InChI is InChI=1S/C11H12N2O3/c1-7(2)16-10-6-13-5-8(11(14)15)3-4-9(13)12-10/h3-7H,1-2H3,(H,14,15). The molecule has 0 aliphatic rings. The van der Waals surface area contributed by atoms with Crippen molar-refractivity contribution in [2.24, 2.45) is 0 Å². The third-order valence-corrected chi connectivity index (χ3v) is 2.03. The van der Waals surface area contributed by atoms with Gasteiger partial charge >= 0.3 is 5.97 Å². The highest BCUT2D eigenvalue weighted by Gasteiger charge is 2.07. The molecule has 0 atom stereocenters. The van der Waals surface area contributed by atoms with Crippen molar-refractivity contribution in [1.82, 2.24) is 9.38 Å². The normalized spacial score (nSPS) is 10.9. The minimum Gasteiger partial charge on any atom is -0.478 e. The number of fused-ring (bicyclic) bond motifs is 1. The quantitative estimate of drug-likeness (QED) is 0.856. The fourth-order valence-corrected chi connectivity index (χ4v) is 1.39. The average molecular weight is 220 g/mol. The summed E-state index contributed by atoms with van der Waals surface area (Å²) in [4.78, 5) is 15.0. The van der Waals surface area contributed by atoms with E-state index in [2.05, 4.69) is 4.98 Å². The zero-order valence-corrected chi connectivity index (χ0v) is 9.04. The number of aromatic nitrogens is 2. The number of carboxylic acids is 1. The number of carbonyl (C=O) groups is 1. The van der Waals surface area contributed by atoms with Crippen molar-refractivity contribution in [2.45, 2.75) is 20.0 Å². The molecule has 5 nitrogen and oxygen atoms in total. The molecule has 0 spiro atoms. The van der Waals surface area contributed by atoms with Crippen LogP contribution in [0.25, 0.3) is 5.65 Å². The van der Waals surface area contributed by atoms with Crippen molar-refractivity contribution in [2.75, 3.05) is 0 Å². The molecule has 0 fully saturated rings. The number of hydrogen-bond donors (Lipinski definition) is 1. The third-order valence-electron chi connectivity index (χ3n) is 2.03. The average Bonchev–Trinajstić information content (AvgIpc) is 2.56. The van der Waals surface area contributed by atoms with E-state index in [-0.39, 0.29) is 11.7 Å². The van der Waals surface area contributed by atoms with Gasteiger partial charge < -0.3 is 14.2 Å². The molecule has 0 aromatic carbocycles. The van der Waals surface area contributed by atoms with Crippen LogP contribution in [0, 0.1) is 0 Å². The molecule has 0 unspecified atom stereocenters. The van der Waals surface area contributed by atoms with Gasteiger partial charge in [-0.25, -0.2) is 4.79 Å². The van der Waals surface area contributed by atoms with E-state index in [1.807, 2.05) is 13.8 Å². The highest BCUT2D eigenvalue weighted by molar-refractivity contribution is 5.87. The summed E-state index contributed by atoms with van der Waals surface area (Å²) in [5.74, 6) is -0.459. The van der Waals surface area contributed by atoms with Gasteiger partial charge in [-0.05, 0) is 26.0 Å². The molecular weight excluding hydrogens is 208 g/mol. The van der Waals surface area contributed by atoms with Gasteiger partial charge in [-0.15, -0.1) is 0 Å². The number of carboxylic acid groups (broad SMARTS) is 1. The first-order valence-corrected chi connectivity index (χ1v) is 4.95. The fraction of sp³-hybridized carbons (Fsp3) is 0.273. The van der Waals surface area contributed by atoms with Crippen LogP contribution in [0.4, 0.5) is 0 Å². The van der Waals surface area contributed by atoms with Crippen molar-refractivity contribution in [3.63, 3.8) is 0 Å². The topological polar surface area (TPSA) is 63.8 Å².